The summed E-state index contributed by atoms with van der Waals surface area (Å²) in [5.74, 6) is 1.61. The lowest BCUT2D eigenvalue weighted by molar-refractivity contribution is -0.126. The van der Waals surface area contributed by atoms with Crippen LogP contribution in [0.4, 0.5) is 5.69 Å². The molecule has 31 heavy (non-hydrogen) atoms. The van der Waals surface area contributed by atoms with Gasteiger partial charge < -0.3 is 24.4 Å². The van der Waals surface area contributed by atoms with Gasteiger partial charge in [-0.15, -0.1) is 0 Å². The standard InChI is InChI=1S/C24H24N2O5/c27-22(25-15-6-2-1-3-7-15)12-26-18-9-5-4-8-16(18)24(23(26)28)13-29-19-11-21-20(10-17(19)24)30-14-31-21/h4-5,8-11,15H,1-3,6-7,12-14H2,(H,25,27). The van der Waals surface area contributed by atoms with Crippen molar-refractivity contribution < 1.29 is 23.8 Å². The lowest BCUT2D eigenvalue weighted by Crippen LogP contribution is -2.48. The Morgan fingerprint density at radius 3 is 2.61 bits per heavy atom. The molecule has 1 atom stereocenters. The van der Waals surface area contributed by atoms with Crippen molar-refractivity contribution in [3.63, 3.8) is 0 Å². The van der Waals surface area contributed by atoms with Gasteiger partial charge in [0.15, 0.2) is 11.5 Å². The van der Waals surface area contributed by atoms with E-state index in [0.717, 1.165) is 42.5 Å². The van der Waals surface area contributed by atoms with E-state index in [0.29, 0.717) is 17.2 Å². The summed E-state index contributed by atoms with van der Waals surface area (Å²) in [5, 5.41) is 3.13. The molecule has 7 nitrogen and oxygen atoms in total. The van der Waals surface area contributed by atoms with Crippen molar-refractivity contribution in [2.45, 2.75) is 43.6 Å². The topological polar surface area (TPSA) is 77.1 Å². The predicted octanol–water partition coefficient (Wildman–Crippen LogP) is 2.89. The monoisotopic (exact) mass is 420 g/mol. The van der Waals surface area contributed by atoms with E-state index in [1.165, 1.54) is 6.42 Å². The average molecular weight is 420 g/mol. The second kappa shape index (κ2) is 6.90. The summed E-state index contributed by atoms with van der Waals surface area (Å²) in [6.45, 7) is 0.360. The summed E-state index contributed by atoms with van der Waals surface area (Å²) in [6, 6.07) is 11.5. The number of nitrogens with zero attached hydrogens (tertiary/aromatic N) is 1. The minimum absolute atomic E-state index is 0.00792. The molecule has 2 amide bonds. The van der Waals surface area contributed by atoms with E-state index in [-0.39, 0.29) is 37.8 Å². The van der Waals surface area contributed by atoms with E-state index in [1.54, 1.807) is 11.0 Å². The van der Waals surface area contributed by atoms with Crippen molar-refractivity contribution in [1.82, 2.24) is 5.32 Å². The van der Waals surface area contributed by atoms with Gasteiger partial charge in [0.05, 0.1) is 0 Å². The van der Waals surface area contributed by atoms with Gasteiger partial charge in [-0.3, -0.25) is 9.59 Å². The van der Waals surface area contributed by atoms with Crippen LogP contribution in [-0.2, 0) is 15.0 Å². The first kappa shape index (κ1) is 18.5. The normalized spacial score (nSPS) is 23.6. The molecule has 0 saturated heterocycles. The van der Waals surface area contributed by atoms with Gasteiger partial charge in [-0.2, -0.15) is 0 Å². The number of hydrogen-bond donors (Lipinski definition) is 1. The lowest BCUT2D eigenvalue weighted by Gasteiger charge is -2.25. The Hall–Kier alpha value is -3.22. The highest BCUT2D eigenvalue weighted by Gasteiger charge is 2.57. The number of amides is 2. The molecule has 0 radical (unpaired) electrons. The van der Waals surface area contributed by atoms with E-state index >= 15 is 0 Å². The van der Waals surface area contributed by atoms with Crippen LogP contribution in [0, 0.1) is 0 Å². The van der Waals surface area contributed by atoms with Crippen LogP contribution < -0.4 is 24.4 Å². The molecule has 160 valence electrons. The van der Waals surface area contributed by atoms with E-state index < -0.39 is 5.41 Å². The van der Waals surface area contributed by atoms with Crippen LogP contribution in [0.2, 0.25) is 0 Å². The summed E-state index contributed by atoms with van der Waals surface area (Å²) in [6.07, 6.45) is 5.53. The van der Waals surface area contributed by atoms with E-state index in [9.17, 15) is 9.59 Å². The summed E-state index contributed by atoms with van der Waals surface area (Å²) < 4.78 is 17.0. The van der Waals surface area contributed by atoms with Crippen LogP contribution in [0.5, 0.6) is 17.2 Å². The molecule has 1 N–H and O–H groups in total. The third kappa shape index (κ3) is 2.72. The third-order valence-corrected chi connectivity index (χ3v) is 6.92. The second-order valence-corrected chi connectivity index (χ2v) is 8.71. The lowest BCUT2D eigenvalue weighted by atomic mass is 9.77. The van der Waals surface area contributed by atoms with Crippen LogP contribution in [0.15, 0.2) is 36.4 Å². The number of nitrogens with one attached hydrogen (secondary N) is 1. The van der Waals surface area contributed by atoms with Crippen LogP contribution in [0.25, 0.3) is 0 Å². The molecule has 1 aliphatic carbocycles. The maximum Gasteiger partial charge on any atom is 0.246 e. The molecule has 2 aromatic rings. The maximum absolute atomic E-state index is 13.9. The number of hydrogen-bond acceptors (Lipinski definition) is 5. The number of benzene rings is 2. The van der Waals surface area contributed by atoms with Crippen molar-refractivity contribution in [1.29, 1.82) is 0 Å². The first-order valence-electron chi connectivity index (χ1n) is 10.9. The zero-order valence-corrected chi connectivity index (χ0v) is 17.2. The number of para-hydroxylation sites is 1. The highest BCUT2D eigenvalue weighted by molar-refractivity contribution is 6.13. The van der Waals surface area contributed by atoms with Gasteiger partial charge in [0.1, 0.15) is 24.3 Å². The Balaban J connectivity index is 1.35. The smallest absolute Gasteiger partial charge is 0.246 e. The van der Waals surface area contributed by atoms with Crippen molar-refractivity contribution >= 4 is 17.5 Å². The molecule has 4 aliphatic rings. The maximum atomic E-state index is 13.9. The minimum atomic E-state index is -0.974. The van der Waals surface area contributed by atoms with Gasteiger partial charge in [0.2, 0.25) is 18.6 Å². The summed E-state index contributed by atoms with van der Waals surface area (Å²) >= 11 is 0. The predicted molar refractivity (Wildman–Crippen MR) is 113 cm³/mol. The van der Waals surface area contributed by atoms with Crippen molar-refractivity contribution in [3.8, 4) is 17.2 Å². The number of anilines is 1. The molecule has 1 spiro atoms. The van der Waals surface area contributed by atoms with E-state index in [2.05, 4.69) is 5.32 Å². The number of carbonyl (C=O) groups is 2. The zero-order valence-electron chi connectivity index (χ0n) is 17.2. The summed E-state index contributed by atoms with van der Waals surface area (Å²) in [5.41, 5.74) is 1.42. The fourth-order valence-electron chi connectivity index (χ4n) is 5.39. The molecule has 7 heteroatoms. The first-order chi connectivity index (χ1) is 15.2. The fourth-order valence-corrected chi connectivity index (χ4v) is 5.39. The highest BCUT2D eigenvalue weighted by Crippen LogP contribution is 2.54. The molecular weight excluding hydrogens is 396 g/mol. The van der Waals surface area contributed by atoms with Crippen molar-refractivity contribution in [2.75, 3.05) is 24.8 Å². The second-order valence-electron chi connectivity index (χ2n) is 8.71. The molecule has 3 heterocycles. The molecule has 2 aromatic carbocycles. The summed E-state index contributed by atoms with van der Waals surface area (Å²) in [7, 11) is 0. The van der Waals surface area contributed by atoms with Crippen LogP contribution >= 0.6 is 0 Å². The number of ether oxygens (including phenoxy) is 3. The Kier molecular flexibility index (Phi) is 4.13. The fraction of sp³-hybridized carbons (Fsp3) is 0.417. The summed E-state index contributed by atoms with van der Waals surface area (Å²) in [4.78, 5) is 28.3. The van der Waals surface area contributed by atoms with Crippen LogP contribution in [0.1, 0.15) is 43.2 Å². The van der Waals surface area contributed by atoms with E-state index in [4.69, 9.17) is 14.2 Å². The molecule has 0 aromatic heterocycles. The zero-order chi connectivity index (χ0) is 21.0. The Morgan fingerprint density at radius 2 is 1.77 bits per heavy atom. The largest absolute Gasteiger partial charge is 0.491 e. The molecule has 1 fully saturated rings. The minimum Gasteiger partial charge on any atom is -0.491 e. The van der Waals surface area contributed by atoms with Crippen molar-refractivity contribution in [3.05, 3.63) is 47.5 Å². The molecule has 1 saturated carbocycles. The quantitative estimate of drug-likeness (QED) is 0.826. The molecular formula is C24H24N2O5. The van der Waals surface area contributed by atoms with Crippen molar-refractivity contribution in [2.24, 2.45) is 0 Å². The van der Waals surface area contributed by atoms with E-state index in [1.807, 2.05) is 30.3 Å². The Bertz CT molecular complexity index is 1080. The van der Waals surface area contributed by atoms with Gasteiger partial charge in [0.25, 0.3) is 0 Å². The molecule has 6 rings (SSSR count). The Morgan fingerprint density at radius 1 is 1.00 bits per heavy atom. The van der Waals surface area contributed by atoms with Gasteiger partial charge in [-0.05, 0) is 30.5 Å². The Labute approximate surface area is 180 Å². The van der Waals surface area contributed by atoms with Gasteiger partial charge in [-0.1, -0.05) is 37.5 Å². The highest BCUT2D eigenvalue weighted by atomic mass is 16.7. The van der Waals surface area contributed by atoms with Crippen LogP contribution in [0.3, 0.4) is 0 Å². The van der Waals surface area contributed by atoms with Crippen LogP contribution in [-0.4, -0.2) is 37.8 Å². The molecule has 3 aliphatic heterocycles. The third-order valence-electron chi connectivity index (χ3n) is 6.92. The first-order valence-corrected chi connectivity index (χ1v) is 10.9. The number of carbonyl (C=O) groups excluding carboxylic acids is 2. The SMILES string of the molecule is O=C(CN1C(=O)C2(COc3cc4c(cc32)OCO4)c2ccccc21)NC1CCCCC1. The molecule has 1 unspecified atom stereocenters. The average Bonchev–Trinajstić information content (AvgIpc) is 3.46. The molecule has 0 bridgehead atoms. The number of rotatable bonds is 3. The van der Waals surface area contributed by atoms with Gasteiger partial charge >= 0.3 is 0 Å². The van der Waals surface area contributed by atoms with Gasteiger partial charge in [0, 0.05) is 23.4 Å². The number of fused-ring (bicyclic) bond motifs is 5. The van der Waals surface area contributed by atoms with Gasteiger partial charge in [-0.25, -0.2) is 0 Å².